The Morgan fingerprint density at radius 1 is 1.36 bits per heavy atom. The molecule has 7 nitrogen and oxygen atoms in total. The maximum Gasteiger partial charge on any atom is 0.408 e. The maximum atomic E-state index is 12.4. The first-order chi connectivity index (χ1) is 10.1. The molecular formula is C14H24N2O5S. The van der Waals surface area contributed by atoms with Gasteiger partial charge in [-0.05, 0) is 38.6 Å². The fourth-order valence-electron chi connectivity index (χ4n) is 1.97. The molecule has 1 aliphatic heterocycles. The number of carbonyl (C=O) groups is 3. The zero-order valence-corrected chi connectivity index (χ0v) is 14.7. The lowest BCUT2D eigenvalue weighted by atomic mass is 10.0. The molecule has 0 aromatic rings. The van der Waals surface area contributed by atoms with Crippen molar-refractivity contribution in [1.82, 2.24) is 9.62 Å². The highest BCUT2D eigenvalue weighted by atomic mass is 32.2. The van der Waals surface area contributed by atoms with Crippen molar-refractivity contribution < 1.29 is 23.9 Å². The van der Waals surface area contributed by atoms with Crippen LogP contribution in [0.3, 0.4) is 0 Å². The van der Waals surface area contributed by atoms with Gasteiger partial charge in [0.2, 0.25) is 0 Å². The van der Waals surface area contributed by atoms with Crippen molar-refractivity contribution in [3.05, 3.63) is 0 Å². The normalized spacial score (nSPS) is 20.0. The molecule has 1 heterocycles. The highest BCUT2D eigenvalue weighted by Crippen LogP contribution is 2.29. The van der Waals surface area contributed by atoms with Crippen molar-refractivity contribution in [1.29, 1.82) is 0 Å². The van der Waals surface area contributed by atoms with Crippen LogP contribution in [-0.2, 0) is 19.1 Å². The number of hydrogen-bond acceptors (Lipinski definition) is 6. The Morgan fingerprint density at radius 3 is 2.41 bits per heavy atom. The summed E-state index contributed by atoms with van der Waals surface area (Å²) in [6, 6.07) is -1.38. The molecule has 2 unspecified atom stereocenters. The van der Waals surface area contributed by atoms with Crippen LogP contribution in [0.25, 0.3) is 0 Å². The van der Waals surface area contributed by atoms with Gasteiger partial charge in [-0.15, -0.1) is 0 Å². The van der Waals surface area contributed by atoms with Gasteiger partial charge in [0.05, 0.1) is 7.11 Å². The minimum absolute atomic E-state index is 0.0934. The molecule has 22 heavy (non-hydrogen) atoms. The van der Waals surface area contributed by atoms with E-state index >= 15 is 0 Å². The Labute approximate surface area is 135 Å². The molecule has 1 fully saturated rings. The molecule has 0 aliphatic carbocycles. The molecule has 0 bridgehead atoms. The molecule has 0 spiro atoms. The van der Waals surface area contributed by atoms with Crippen LogP contribution in [0.2, 0.25) is 0 Å². The molecule has 2 amide bonds. The maximum absolute atomic E-state index is 12.4. The lowest BCUT2D eigenvalue weighted by molar-refractivity contribution is -0.150. The molecule has 1 saturated heterocycles. The zero-order chi connectivity index (χ0) is 17.1. The Hall–Kier alpha value is -1.44. The largest absolute Gasteiger partial charge is 0.467 e. The quantitative estimate of drug-likeness (QED) is 0.621. The fraction of sp³-hybridized carbons (Fsp3) is 0.786. The summed E-state index contributed by atoms with van der Waals surface area (Å²) in [4.78, 5) is 36.0. The number of esters is 1. The number of amides is 2. The molecule has 1 N–H and O–H groups in total. The number of methoxy groups -OCH3 is 1. The first kappa shape index (κ1) is 18.6. The van der Waals surface area contributed by atoms with E-state index in [2.05, 4.69) is 5.32 Å². The Kier molecular flexibility index (Phi) is 6.10. The average molecular weight is 332 g/mol. The number of ether oxygens (including phenoxy) is 2. The van der Waals surface area contributed by atoms with Gasteiger partial charge < -0.3 is 14.8 Å². The summed E-state index contributed by atoms with van der Waals surface area (Å²) in [5.74, 6) is -0.518. The first-order valence-corrected chi connectivity index (χ1v) is 8.04. The SMILES string of the molecule is COC(=O)C(C(C)C)N1SCC(NC(=O)OC(C)(C)C)C1=O. The van der Waals surface area contributed by atoms with Crippen molar-refractivity contribution in [3.63, 3.8) is 0 Å². The fourth-order valence-corrected chi connectivity index (χ4v) is 3.25. The van der Waals surface area contributed by atoms with Crippen LogP contribution < -0.4 is 5.32 Å². The van der Waals surface area contributed by atoms with E-state index in [1.54, 1.807) is 20.8 Å². The summed E-state index contributed by atoms with van der Waals surface area (Å²) in [6.07, 6.45) is -0.646. The standard InChI is InChI=1S/C14H24N2O5S/c1-8(2)10(12(18)20-6)16-11(17)9(7-22-16)15-13(19)21-14(3,4)5/h8-10H,7H2,1-6H3,(H,15,19). The number of nitrogens with zero attached hydrogens (tertiary/aromatic N) is 1. The van der Waals surface area contributed by atoms with E-state index in [0.717, 1.165) is 0 Å². The minimum atomic E-state index is -0.703. The van der Waals surface area contributed by atoms with Gasteiger partial charge in [-0.3, -0.25) is 9.10 Å². The summed E-state index contributed by atoms with van der Waals surface area (Å²) in [6.45, 7) is 8.91. The van der Waals surface area contributed by atoms with E-state index in [1.807, 2.05) is 13.8 Å². The second-order valence-corrected chi connectivity index (χ2v) is 7.36. The van der Waals surface area contributed by atoms with E-state index in [4.69, 9.17) is 9.47 Å². The Balaban J connectivity index is 2.72. The third-order valence-electron chi connectivity index (χ3n) is 2.91. The van der Waals surface area contributed by atoms with E-state index in [1.165, 1.54) is 23.4 Å². The molecule has 126 valence electrons. The summed E-state index contributed by atoms with van der Waals surface area (Å²) < 4.78 is 11.3. The number of alkyl carbamates (subject to hydrolysis) is 1. The third kappa shape index (κ3) is 4.79. The summed E-state index contributed by atoms with van der Waals surface area (Å²) in [7, 11) is 1.29. The van der Waals surface area contributed by atoms with Gasteiger partial charge in [-0.1, -0.05) is 13.8 Å². The number of rotatable bonds is 4. The summed E-state index contributed by atoms with van der Waals surface area (Å²) >= 11 is 1.21. The van der Waals surface area contributed by atoms with E-state index in [0.29, 0.717) is 5.75 Å². The number of nitrogens with one attached hydrogen (secondary N) is 1. The molecule has 1 aliphatic rings. The molecular weight excluding hydrogens is 308 g/mol. The first-order valence-electron chi connectivity index (χ1n) is 7.10. The van der Waals surface area contributed by atoms with Crippen molar-refractivity contribution >= 4 is 29.9 Å². The average Bonchev–Trinajstić information content (AvgIpc) is 2.69. The van der Waals surface area contributed by atoms with Crippen LogP contribution in [0, 0.1) is 5.92 Å². The van der Waals surface area contributed by atoms with Gasteiger partial charge in [0, 0.05) is 5.75 Å². The lowest BCUT2D eigenvalue weighted by Crippen LogP contribution is -2.49. The van der Waals surface area contributed by atoms with Crippen LogP contribution in [0.1, 0.15) is 34.6 Å². The second-order valence-electron chi connectivity index (χ2n) is 6.37. The van der Waals surface area contributed by atoms with Gasteiger partial charge in [-0.25, -0.2) is 9.59 Å². The second kappa shape index (κ2) is 7.21. The van der Waals surface area contributed by atoms with Crippen LogP contribution in [0.15, 0.2) is 0 Å². The van der Waals surface area contributed by atoms with Crippen LogP contribution >= 0.6 is 11.9 Å². The molecule has 0 saturated carbocycles. The van der Waals surface area contributed by atoms with E-state index < -0.39 is 29.7 Å². The number of hydrogen-bond donors (Lipinski definition) is 1. The smallest absolute Gasteiger partial charge is 0.408 e. The summed E-state index contributed by atoms with van der Waals surface area (Å²) in [5.41, 5.74) is -0.634. The van der Waals surface area contributed by atoms with Crippen LogP contribution in [0.4, 0.5) is 4.79 Å². The highest BCUT2D eigenvalue weighted by Gasteiger charge is 2.43. The molecule has 1 rings (SSSR count). The zero-order valence-electron chi connectivity index (χ0n) is 13.8. The van der Waals surface area contributed by atoms with Crippen molar-refractivity contribution in [2.24, 2.45) is 5.92 Å². The Morgan fingerprint density at radius 2 is 1.95 bits per heavy atom. The van der Waals surface area contributed by atoms with Crippen molar-refractivity contribution in [2.45, 2.75) is 52.3 Å². The molecule has 0 aromatic carbocycles. The van der Waals surface area contributed by atoms with Gasteiger partial charge in [-0.2, -0.15) is 0 Å². The molecule has 0 radical (unpaired) electrons. The Bertz CT molecular complexity index is 447. The third-order valence-corrected chi connectivity index (χ3v) is 4.08. The van der Waals surface area contributed by atoms with Gasteiger partial charge in [0.25, 0.3) is 5.91 Å². The van der Waals surface area contributed by atoms with Crippen LogP contribution in [0.5, 0.6) is 0 Å². The van der Waals surface area contributed by atoms with E-state index in [9.17, 15) is 14.4 Å². The molecule has 8 heteroatoms. The van der Waals surface area contributed by atoms with Gasteiger partial charge in [0.1, 0.15) is 17.7 Å². The summed E-state index contributed by atoms with van der Waals surface area (Å²) in [5, 5.41) is 2.54. The van der Waals surface area contributed by atoms with Crippen molar-refractivity contribution in [3.8, 4) is 0 Å². The van der Waals surface area contributed by atoms with Gasteiger partial charge >= 0.3 is 12.1 Å². The predicted octanol–water partition coefficient (Wildman–Crippen LogP) is 1.57. The van der Waals surface area contributed by atoms with E-state index in [-0.39, 0.29) is 11.8 Å². The van der Waals surface area contributed by atoms with Gasteiger partial charge in [0.15, 0.2) is 0 Å². The minimum Gasteiger partial charge on any atom is -0.467 e. The monoisotopic (exact) mass is 332 g/mol. The van der Waals surface area contributed by atoms with Crippen molar-refractivity contribution in [2.75, 3.05) is 12.9 Å². The van der Waals surface area contributed by atoms with Crippen LogP contribution in [-0.4, -0.2) is 52.8 Å². The predicted molar refractivity (Wildman–Crippen MR) is 83.1 cm³/mol. The molecule has 0 aromatic heterocycles. The topological polar surface area (TPSA) is 84.9 Å². The molecule has 2 atom stereocenters. The number of carbonyl (C=O) groups excluding carboxylic acids is 3. The lowest BCUT2D eigenvalue weighted by Gasteiger charge is -2.27. The highest BCUT2D eigenvalue weighted by molar-refractivity contribution is 7.98.